The molecule has 2 N–H and O–H groups in total. The second-order valence-corrected chi connectivity index (χ2v) is 6.73. The molecule has 1 fully saturated rings. The van der Waals surface area contributed by atoms with Gasteiger partial charge < -0.3 is 24.8 Å². The average molecular weight is 368 g/mol. The smallest absolute Gasteiger partial charge is 0.254 e. The first-order chi connectivity index (χ1) is 13.0. The number of hydrogen-bond donors (Lipinski definition) is 2. The van der Waals surface area contributed by atoms with Gasteiger partial charge in [0.2, 0.25) is 12.7 Å². The van der Waals surface area contributed by atoms with Crippen LogP contribution in [0.3, 0.4) is 0 Å². The number of ether oxygens (including phenoxy) is 2. The summed E-state index contributed by atoms with van der Waals surface area (Å²) in [6.07, 6.45) is 1.32. The van der Waals surface area contributed by atoms with Crippen LogP contribution in [0.4, 0.5) is 5.69 Å². The molecule has 0 aromatic heterocycles. The topological polar surface area (TPSA) is 88.1 Å². The van der Waals surface area contributed by atoms with Crippen LogP contribution in [0.25, 0.3) is 0 Å². The third-order valence-electron chi connectivity index (χ3n) is 4.85. The van der Waals surface area contributed by atoms with Crippen molar-refractivity contribution in [1.29, 1.82) is 0 Å². The number of likely N-dealkylation sites (tertiary alicyclic amines) is 1. The van der Waals surface area contributed by atoms with E-state index in [-0.39, 0.29) is 24.4 Å². The highest BCUT2D eigenvalue weighted by atomic mass is 16.7. The van der Waals surface area contributed by atoms with Crippen molar-refractivity contribution in [2.24, 2.45) is 0 Å². The van der Waals surface area contributed by atoms with Crippen molar-refractivity contribution in [3.63, 3.8) is 0 Å². The number of nitrogens with zero attached hydrogens (tertiary/aromatic N) is 1. The molecular formula is C20H20N2O5. The van der Waals surface area contributed by atoms with E-state index in [1.807, 2.05) is 6.92 Å². The predicted octanol–water partition coefficient (Wildman–Crippen LogP) is 2.67. The number of hydrogen-bond acceptors (Lipinski definition) is 5. The average Bonchev–Trinajstić information content (AvgIpc) is 3.31. The molecule has 2 heterocycles. The molecule has 0 saturated carbocycles. The number of anilines is 1. The quantitative estimate of drug-likeness (QED) is 0.814. The largest absolute Gasteiger partial charge is 0.506 e. The van der Waals surface area contributed by atoms with E-state index in [1.165, 1.54) is 0 Å². The summed E-state index contributed by atoms with van der Waals surface area (Å²) in [5.41, 5.74) is 1.69. The molecule has 1 atom stereocenters. The Labute approximate surface area is 156 Å². The maximum Gasteiger partial charge on any atom is 0.254 e. The molecule has 0 bridgehead atoms. The Hall–Kier alpha value is -3.22. The van der Waals surface area contributed by atoms with Gasteiger partial charge in [0.15, 0.2) is 11.5 Å². The van der Waals surface area contributed by atoms with Crippen LogP contribution in [-0.4, -0.2) is 41.2 Å². The van der Waals surface area contributed by atoms with Crippen LogP contribution < -0.4 is 14.8 Å². The number of fused-ring (bicyclic) bond motifs is 1. The van der Waals surface area contributed by atoms with Gasteiger partial charge in [-0.05, 0) is 55.7 Å². The summed E-state index contributed by atoms with van der Waals surface area (Å²) in [5, 5.41) is 12.7. The lowest BCUT2D eigenvalue weighted by atomic mass is 10.1. The van der Waals surface area contributed by atoms with Gasteiger partial charge in [-0.25, -0.2) is 0 Å². The summed E-state index contributed by atoms with van der Waals surface area (Å²) in [7, 11) is 0. The summed E-state index contributed by atoms with van der Waals surface area (Å²) >= 11 is 0. The van der Waals surface area contributed by atoms with Gasteiger partial charge in [0, 0.05) is 12.1 Å². The first kappa shape index (κ1) is 17.2. The Morgan fingerprint density at radius 2 is 1.96 bits per heavy atom. The highest BCUT2D eigenvalue weighted by Gasteiger charge is 2.35. The van der Waals surface area contributed by atoms with E-state index in [9.17, 15) is 14.7 Å². The number of aromatic hydroxyl groups is 1. The second-order valence-electron chi connectivity index (χ2n) is 6.73. The Kier molecular flexibility index (Phi) is 4.35. The molecular weight excluding hydrogens is 348 g/mol. The molecule has 4 rings (SSSR count). The summed E-state index contributed by atoms with van der Waals surface area (Å²) < 4.78 is 10.6. The van der Waals surface area contributed by atoms with Gasteiger partial charge in [-0.1, -0.05) is 6.07 Å². The number of nitrogens with one attached hydrogen (secondary N) is 1. The Morgan fingerprint density at radius 1 is 1.15 bits per heavy atom. The summed E-state index contributed by atoms with van der Waals surface area (Å²) in [5.74, 6) is 0.623. The molecule has 2 aliphatic heterocycles. The Bertz CT molecular complexity index is 911. The van der Waals surface area contributed by atoms with Gasteiger partial charge in [0.1, 0.15) is 11.8 Å². The minimum Gasteiger partial charge on any atom is -0.506 e. The molecule has 27 heavy (non-hydrogen) atoms. The van der Waals surface area contributed by atoms with Crippen molar-refractivity contribution < 1.29 is 24.2 Å². The molecule has 2 aromatic carbocycles. The van der Waals surface area contributed by atoms with Crippen LogP contribution in [-0.2, 0) is 4.79 Å². The molecule has 0 unspecified atom stereocenters. The minimum atomic E-state index is -0.580. The zero-order valence-electron chi connectivity index (χ0n) is 14.9. The van der Waals surface area contributed by atoms with Gasteiger partial charge >= 0.3 is 0 Å². The molecule has 140 valence electrons. The Balaban J connectivity index is 1.51. The molecule has 0 spiro atoms. The molecule has 0 radical (unpaired) electrons. The van der Waals surface area contributed by atoms with Crippen LogP contribution in [0, 0.1) is 6.92 Å². The first-order valence-corrected chi connectivity index (χ1v) is 8.84. The fourth-order valence-corrected chi connectivity index (χ4v) is 3.44. The lowest BCUT2D eigenvalue weighted by Crippen LogP contribution is -2.43. The third kappa shape index (κ3) is 3.28. The molecule has 7 heteroatoms. The number of phenols is 1. The van der Waals surface area contributed by atoms with Crippen molar-refractivity contribution in [1.82, 2.24) is 4.90 Å². The number of benzene rings is 2. The van der Waals surface area contributed by atoms with Crippen LogP contribution >= 0.6 is 0 Å². The van der Waals surface area contributed by atoms with Crippen LogP contribution in [0.1, 0.15) is 28.8 Å². The minimum absolute atomic E-state index is 0.00925. The van der Waals surface area contributed by atoms with Crippen molar-refractivity contribution in [2.75, 3.05) is 18.7 Å². The van der Waals surface area contributed by atoms with Crippen molar-refractivity contribution in [2.45, 2.75) is 25.8 Å². The number of carbonyl (C=O) groups excluding carboxylic acids is 2. The van der Waals surface area contributed by atoms with E-state index >= 15 is 0 Å². The lowest BCUT2D eigenvalue weighted by molar-refractivity contribution is -0.119. The zero-order valence-corrected chi connectivity index (χ0v) is 14.9. The standard InChI is InChI=1S/C20H20N2O5/c1-12-4-6-14(16(23)9-12)21-19(24)15-3-2-8-22(15)20(25)13-5-7-17-18(10-13)27-11-26-17/h4-7,9-10,15,23H,2-3,8,11H2,1H3,(H,21,24)/t15-/m1/s1. The van der Waals surface area contributed by atoms with E-state index < -0.39 is 6.04 Å². The van der Waals surface area contributed by atoms with Crippen LogP contribution in [0.5, 0.6) is 17.2 Å². The summed E-state index contributed by atoms with van der Waals surface area (Å²) in [6.45, 7) is 2.50. The van der Waals surface area contributed by atoms with Crippen molar-refractivity contribution in [3.05, 3.63) is 47.5 Å². The van der Waals surface area contributed by atoms with Gasteiger partial charge in [-0.3, -0.25) is 9.59 Å². The van der Waals surface area contributed by atoms with Crippen LogP contribution in [0.2, 0.25) is 0 Å². The van der Waals surface area contributed by atoms with Gasteiger partial charge in [0.05, 0.1) is 5.69 Å². The summed E-state index contributed by atoms with van der Waals surface area (Å²) in [4.78, 5) is 27.2. The van der Waals surface area contributed by atoms with Crippen molar-refractivity contribution >= 4 is 17.5 Å². The SMILES string of the molecule is Cc1ccc(NC(=O)[C@H]2CCCN2C(=O)c2ccc3c(c2)OCO3)c(O)c1. The predicted molar refractivity (Wildman–Crippen MR) is 98.1 cm³/mol. The second kappa shape index (κ2) is 6.83. The monoisotopic (exact) mass is 368 g/mol. The fourth-order valence-electron chi connectivity index (χ4n) is 3.44. The molecule has 2 amide bonds. The van der Waals surface area contributed by atoms with Crippen molar-refractivity contribution in [3.8, 4) is 17.2 Å². The third-order valence-corrected chi connectivity index (χ3v) is 4.85. The first-order valence-electron chi connectivity index (χ1n) is 8.84. The highest BCUT2D eigenvalue weighted by molar-refractivity contribution is 6.02. The number of amides is 2. The van der Waals surface area contributed by atoms with Crippen LogP contribution in [0.15, 0.2) is 36.4 Å². The number of rotatable bonds is 3. The maximum absolute atomic E-state index is 12.9. The van der Waals surface area contributed by atoms with E-state index in [0.29, 0.717) is 35.7 Å². The zero-order chi connectivity index (χ0) is 19.0. The lowest BCUT2D eigenvalue weighted by Gasteiger charge is -2.24. The number of phenolic OH excluding ortho intramolecular Hbond substituents is 1. The van der Waals surface area contributed by atoms with E-state index in [1.54, 1.807) is 41.3 Å². The maximum atomic E-state index is 12.9. The van der Waals surface area contributed by atoms with E-state index in [4.69, 9.17) is 9.47 Å². The van der Waals surface area contributed by atoms with Gasteiger partial charge in [-0.15, -0.1) is 0 Å². The summed E-state index contributed by atoms with van der Waals surface area (Å²) in [6, 6.07) is 9.48. The molecule has 2 aromatic rings. The molecule has 0 aliphatic carbocycles. The highest BCUT2D eigenvalue weighted by Crippen LogP contribution is 2.33. The normalized spacial score (nSPS) is 17.8. The fraction of sp³-hybridized carbons (Fsp3) is 0.300. The van der Waals surface area contributed by atoms with Gasteiger partial charge in [0.25, 0.3) is 5.91 Å². The number of carbonyl (C=O) groups is 2. The molecule has 2 aliphatic rings. The Morgan fingerprint density at radius 3 is 2.78 bits per heavy atom. The van der Waals surface area contributed by atoms with E-state index in [0.717, 1.165) is 12.0 Å². The van der Waals surface area contributed by atoms with E-state index in [2.05, 4.69) is 5.32 Å². The number of aryl methyl sites for hydroxylation is 1. The molecule has 1 saturated heterocycles. The molecule has 7 nitrogen and oxygen atoms in total. The van der Waals surface area contributed by atoms with Gasteiger partial charge in [-0.2, -0.15) is 0 Å².